The molecule has 1 amide bonds. The molecular formula is C13H23ClN4O2S. The van der Waals surface area contributed by atoms with Crippen molar-refractivity contribution in [1.29, 1.82) is 0 Å². The number of nitrogens with zero attached hydrogens (tertiary/aromatic N) is 2. The molecule has 0 aliphatic carbocycles. The van der Waals surface area contributed by atoms with Crippen molar-refractivity contribution in [3.8, 4) is 0 Å². The standard InChI is InChI=1S/C13H22N4O2S.ClH/c1-9-5-17(6-10(2)19-9)7-11-8-20-13(15-11)16-12(18)4-14-3;/h8-10,14H,4-7H2,1-3H3,(H,15,16,18);1H. The molecule has 21 heavy (non-hydrogen) atoms. The predicted molar refractivity (Wildman–Crippen MR) is 87.2 cm³/mol. The molecule has 1 saturated heterocycles. The van der Waals surface area contributed by atoms with E-state index in [9.17, 15) is 4.79 Å². The minimum atomic E-state index is -0.0676. The quantitative estimate of drug-likeness (QED) is 0.850. The van der Waals surface area contributed by atoms with E-state index in [1.807, 2.05) is 5.38 Å². The van der Waals surface area contributed by atoms with E-state index in [0.717, 1.165) is 25.3 Å². The summed E-state index contributed by atoms with van der Waals surface area (Å²) >= 11 is 1.47. The maximum atomic E-state index is 11.5. The minimum absolute atomic E-state index is 0. The van der Waals surface area contributed by atoms with Gasteiger partial charge in [0, 0.05) is 25.0 Å². The molecule has 0 aromatic carbocycles. The van der Waals surface area contributed by atoms with Crippen molar-refractivity contribution >= 4 is 34.8 Å². The van der Waals surface area contributed by atoms with Crippen molar-refractivity contribution in [2.75, 3.05) is 32.0 Å². The van der Waals surface area contributed by atoms with Gasteiger partial charge in [0.15, 0.2) is 5.13 Å². The molecule has 0 spiro atoms. The second-order valence-corrected chi connectivity index (χ2v) is 6.03. The summed E-state index contributed by atoms with van der Waals surface area (Å²) in [5.74, 6) is -0.0676. The molecule has 1 aromatic heterocycles. The first kappa shape index (κ1) is 18.3. The highest BCUT2D eigenvalue weighted by Crippen LogP contribution is 2.19. The molecular weight excluding hydrogens is 312 g/mol. The molecule has 6 nitrogen and oxygen atoms in total. The number of ether oxygens (including phenoxy) is 1. The average molecular weight is 335 g/mol. The van der Waals surface area contributed by atoms with Gasteiger partial charge in [-0.2, -0.15) is 0 Å². The van der Waals surface area contributed by atoms with E-state index in [4.69, 9.17) is 4.74 Å². The number of rotatable bonds is 5. The highest BCUT2D eigenvalue weighted by Gasteiger charge is 2.22. The largest absolute Gasteiger partial charge is 0.373 e. The summed E-state index contributed by atoms with van der Waals surface area (Å²) in [6.45, 7) is 7.12. The minimum Gasteiger partial charge on any atom is -0.373 e. The number of nitrogens with one attached hydrogen (secondary N) is 2. The van der Waals surface area contributed by atoms with Gasteiger partial charge in [-0.05, 0) is 20.9 Å². The number of aromatic nitrogens is 1. The summed E-state index contributed by atoms with van der Waals surface area (Å²) in [5, 5.41) is 8.25. The highest BCUT2D eigenvalue weighted by molar-refractivity contribution is 7.13. The molecule has 2 unspecified atom stereocenters. The third-order valence-corrected chi connectivity index (χ3v) is 3.82. The number of carbonyl (C=O) groups is 1. The highest BCUT2D eigenvalue weighted by atomic mass is 35.5. The van der Waals surface area contributed by atoms with Crippen LogP contribution in [0.15, 0.2) is 5.38 Å². The fourth-order valence-electron chi connectivity index (χ4n) is 2.40. The number of hydrogen-bond acceptors (Lipinski definition) is 6. The van der Waals surface area contributed by atoms with Gasteiger partial charge in [0.25, 0.3) is 0 Å². The monoisotopic (exact) mass is 334 g/mol. The maximum absolute atomic E-state index is 11.5. The summed E-state index contributed by atoms with van der Waals surface area (Å²) in [7, 11) is 1.74. The topological polar surface area (TPSA) is 66.5 Å². The SMILES string of the molecule is CNCC(=O)Nc1nc(CN2CC(C)OC(C)C2)cs1.Cl. The lowest BCUT2D eigenvalue weighted by atomic mass is 10.2. The normalized spacial score (nSPS) is 22.6. The summed E-state index contributed by atoms with van der Waals surface area (Å²) in [6.07, 6.45) is 0.513. The Hall–Kier alpha value is -0.730. The van der Waals surface area contributed by atoms with Crippen molar-refractivity contribution < 1.29 is 9.53 Å². The van der Waals surface area contributed by atoms with Gasteiger partial charge in [0.2, 0.25) is 5.91 Å². The number of thiazole rings is 1. The lowest BCUT2D eigenvalue weighted by Crippen LogP contribution is -2.44. The Kier molecular flexibility index (Phi) is 7.55. The van der Waals surface area contributed by atoms with E-state index in [-0.39, 0.29) is 30.5 Å². The molecule has 1 fully saturated rings. The molecule has 2 atom stereocenters. The van der Waals surface area contributed by atoms with E-state index in [0.29, 0.717) is 11.7 Å². The van der Waals surface area contributed by atoms with Crippen LogP contribution in [0.2, 0.25) is 0 Å². The second kappa shape index (κ2) is 8.65. The molecule has 1 aromatic rings. The van der Waals surface area contributed by atoms with Gasteiger partial charge in [-0.3, -0.25) is 9.69 Å². The molecule has 0 radical (unpaired) electrons. The molecule has 0 bridgehead atoms. The van der Waals surface area contributed by atoms with Crippen molar-refractivity contribution in [2.45, 2.75) is 32.6 Å². The van der Waals surface area contributed by atoms with Crippen molar-refractivity contribution in [3.05, 3.63) is 11.1 Å². The van der Waals surface area contributed by atoms with Crippen LogP contribution in [0.3, 0.4) is 0 Å². The third kappa shape index (κ3) is 5.88. The van der Waals surface area contributed by atoms with Gasteiger partial charge >= 0.3 is 0 Å². The van der Waals surface area contributed by atoms with Gasteiger partial charge in [-0.25, -0.2) is 4.98 Å². The Balaban J connectivity index is 0.00000220. The summed E-state index contributed by atoms with van der Waals surface area (Å²) < 4.78 is 5.72. The average Bonchev–Trinajstić information content (AvgIpc) is 2.75. The van der Waals surface area contributed by atoms with E-state index in [1.54, 1.807) is 7.05 Å². The Morgan fingerprint density at radius 2 is 2.14 bits per heavy atom. The number of morpholine rings is 1. The smallest absolute Gasteiger partial charge is 0.240 e. The van der Waals surface area contributed by atoms with Crippen LogP contribution in [0.1, 0.15) is 19.5 Å². The molecule has 2 rings (SSSR count). The van der Waals surface area contributed by atoms with Crippen LogP contribution in [-0.4, -0.2) is 54.7 Å². The lowest BCUT2D eigenvalue weighted by molar-refractivity contribution is -0.115. The van der Waals surface area contributed by atoms with E-state index < -0.39 is 0 Å². The van der Waals surface area contributed by atoms with E-state index in [2.05, 4.69) is 34.4 Å². The number of hydrogen-bond donors (Lipinski definition) is 2. The Bertz CT molecular complexity index is 447. The Morgan fingerprint density at radius 3 is 2.76 bits per heavy atom. The van der Waals surface area contributed by atoms with Gasteiger partial charge in [0.05, 0.1) is 24.4 Å². The molecule has 1 aliphatic heterocycles. The number of amides is 1. The van der Waals surface area contributed by atoms with Crippen LogP contribution in [0.4, 0.5) is 5.13 Å². The van der Waals surface area contributed by atoms with Crippen LogP contribution >= 0.6 is 23.7 Å². The second-order valence-electron chi connectivity index (χ2n) is 5.17. The fraction of sp³-hybridized carbons (Fsp3) is 0.692. The van der Waals surface area contributed by atoms with Crippen LogP contribution in [0, 0.1) is 0 Å². The van der Waals surface area contributed by atoms with Crippen LogP contribution in [0.5, 0.6) is 0 Å². The number of halogens is 1. The van der Waals surface area contributed by atoms with Crippen LogP contribution in [-0.2, 0) is 16.1 Å². The first-order valence-corrected chi connectivity index (χ1v) is 7.71. The van der Waals surface area contributed by atoms with Gasteiger partial charge in [-0.15, -0.1) is 23.7 Å². The third-order valence-electron chi connectivity index (χ3n) is 3.02. The van der Waals surface area contributed by atoms with Gasteiger partial charge < -0.3 is 15.4 Å². The van der Waals surface area contributed by atoms with Gasteiger partial charge in [-0.1, -0.05) is 0 Å². The molecule has 1 aliphatic rings. The van der Waals surface area contributed by atoms with Crippen LogP contribution < -0.4 is 10.6 Å². The maximum Gasteiger partial charge on any atom is 0.240 e. The number of anilines is 1. The zero-order chi connectivity index (χ0) is 14.5. The molecule has 0 saturated carbocycles. The number of likely N-dealkylation sites (N-methyl/N-ethyl adjacent to an activating group) is 1. The van der Waals surface area contributed by atoms with Crippen molar-refractivity contribution in [1.82, 2.24) is 15.2 Å². The molecule has 2 heterocycles. The first-order valence-electron chi connectivity index (χ1n) is 6.83. The molecule has 8 heteroatoms. The Morgan fingerprint density at radius 1 is 1.48 bits per heavy atom. The number of carbonyl (C=O) groups excluding carboxylic acids is 1. The fourth-order valence-corrected chi connectivity index (χ4v) is 3.12. The summed E-state index contributed by atoms with van der Waals surface area (Å²) in [4.78, 5) is 18.3. The zero-order valence-electron chi connectivity index (χ0n) is 12.6. The van der Waals surface area contributed by atoms with Crippen molar-refractivity contribution in [3.63, 3.8) is 0 Å². The van der Waals surface area contributed by atoms with E-state index in [1.165, 1.54) is 11.3 Å². The zero-order valence-corrected chi connectivity index (χ0v) is 14.2. The summed E-state index contributed by atoms with van der Waals surface area (Å²) in [6, 6.07) is 0. The molecule has 120 valence electrons. The first-order chi connectivity index (χ1) is 9.56. The Labute approximate surface area is 135 Å². The van der Waals surface area contributed by atoms with E-state index >= 15 is 0 Å². The van der Waals surface area contributed by atoms with Crippen LogP contribution in [0.25, 0.3) is 0 Å². The summed E-state index contributed by atoms with van der Waals surface area (Å²) in [5.41, 5.74) is 0.996. The van der Waals surface area contributed by atoms with Crippen molar-refractivity contribution in [2.24, 2.45) is 0 Å². The van der Waals surface area contributed by atoms with Gasteiger partial charge in [0.1, 0.15) is 0 Å². The molecule has 2 N–H and O–H groups in total. The lowest BCUT2D eigenvalue weighted by Gasteiger charge is -2.34. The predicted octanol–water partition coefficient (Wildman–Crippen LogP) is 1.33.